The number of aryl methyl sites for hydroxylation is 1. The van der Waals surface area contributed by atoms with Gasteiger partial charge in [-0.1, -0.05) is 6.92 Å². The molecule has 4 heteroatoms. The SMILES string of the molecule is CCc1cnc(C(C)N2CCC(N)CC2)s1. The molecule has 2 N–H and O–H groups in total. The van der Waals surface area contributed by atoms with Crippen LogP contribution in [0.3, 0.4) is 0 Å². The van der Waals surface area contributed by atoms with Crippen LogP contribution in [-0.2, 0) is 6.42 Å². The largest absolute Gasteiger partial charge is 0.328 e. The lowest BCUT2D eigenvalue weighted by molar-refractivity contribution is 0.163. The van der Waals surface area contributed by atoms with Gasteiger partial charge in [0.2, 0.25) is 0 Å². The van der Waals surface area contributed by atoms with Gasteiger partial charge in [-0.3, -0.25) is 4.90 Å². The molecule has 2 rings (SSSR count). The van der Waals surface area contributed by atoms with Crippen molar-refractivity contribution in [2.24, 2.45) is 5.73 Å². The molecular weight excluding hydrogens is 218 g/mol. The molecule has 3 nitrogen and oxygen atoms in total. The van der Waals surface area contributed by atoms with Gasteiger partial charge in [0.15, 0.2) is 0 Å². The summed E-state index contributed by atoms with van der Waals surface area (Å²) in [5.74, 6) is 0. The van der Waals surface area contributed by atoms with Crippen LogP contribution in [-0.4, -0.2) is 29.0 Å². The maximum Gasteiger partial charge on any atom is 0.110 e. The Bertz CT molecular complexity index is 329. The van der Waals surface area contributed by atoms with E-state index in [4.69, 9.17) is 5.73 Å². The molecule has 1 aromatic heterocycles. The number of rotatable bonds is 3. The molecule has 0 bridgehead atoms. The van der Waals surface area contributed by atoms with E-state index in [9.17, 15) is 0 Å². The van der Waals surface area contributed by atoms with Crippen molar-refractivity contribution in [2.45, 2.75) is 45.2 Å². The highest BCUT2D eigenvalue weighted by molar-refractivity contribution is 7.11. The second-order valence-corrected chi connectivity index (χ2v) is 5.71. The minimum absolute atomic E-state index is 0.408. The highest BCUT2D eigenvalue weighted by Crippen LogP contribution is 2.27. The van der Waals surface area contributed by atoms with Gasteiger partial charge in [0, 0.05) is 30.2 Å². The van der Waals surface area contributed by atoms with Gasteiger partial charge >= 0.3 is 0 Å². The molecule has 2 heterocycles. The van der Waals surface area contributed by atoms with E-state index >= 15 is 0 Å². The summed E-state index contributed by atoms with van der Waals surface area (Å²) in [5, 5.41) is 1.26. The van der Waals surface area contributed by atoms with Crippen LogP contribution in [0.4, 0.5) is 0 Å². The van der Waals surface area contributed by atoms with Crippen molar-refractivity contribution in [3.8, 4) is 0 Å². The van der Waals surface area contributed by atoms with E-state index in [1.165, 1.54) is 9.88 Å². The van der Waals surface area contributed by atoms with Crippen molar-refractivity contribution in [3.63, 3.8) is 0 Å². The standard InChI is InChI=1S/C12H21N3S/c1-3-11-8-14-12(16-11)9(2)15-6-4-10(13)5-7-15/h8-10H,3-7,13H2,1-2H3. The molecule has 0 saturated carbocycles. The molecule has 16 heavy (non-hydrogen) atoms. The lowest BCUT2D eigenvalue weighted by Gasteiger charge is -2.33. The highest BCUT2D eigenvalue weighted by atomic mass is 32.1. The Morgan fingerprint density at radius 3 is 2.81 bits per heavy atom. The summed E-state index contributed by atoms with van der Waals surface area (Å²) in [4.78, 5) is 8.41. The van der Waals surface area contributed by atoms with Gasteiger partial charge in [-0.25, -0.2) is 4.98 Å². The lowest BCUT2D eigenvalue weighted by Crippen LogP contribution is -2.40. The van der Waals surface area contributed by atoms with E-state index in [1.807, 2.05) is 17.5 Å². The third-order valence-corrected chi connectivity index (χ3v) is 4.71. The minimum Gasteiger partial charge on any atom is -0.328 e. The van der Waals surface area contributed by atoms with Crippen LogP contribution in [0.2, 0.25) is 0 Å². The topological polar surface area (TPSA) is 42.2 Å². The number of thiazole rings is 1. The molecule has 0 radical (unpaired) electrons. The number of nitrogens with two attached hydrogens (primary N) is 1. The zero-order valence-electron chi connectivity index (χ0n) is 10.1. The number of likely N-dealkylation sites (tertiary alicyclic amines) is 1. The zero-order chi connectivity index (χ0) is 11.5. The Morgan fingerprint density at radius 2 is 2.25 bits per heavy atom. The summed E-state index contributed by atoms with van der Waals surface area (Å²) in [5.41, 5.74) is 5.92. The predicted octanol–water partition coefficient (Wildman–Crippen LogP) is 2.19. The first-order valence-electron chi connectivity index (χ1n) is 6.15. The zero-order valence-corrected chi connectivity index (χ0v) is 11.0. The quantitative estimate of drug-likeness (QED) is 0.879. The predicted molar refractivity (Wildman–Crippen MR) is 68.7 cm³/mol. The van der Waals surface area contributed by atoms with E-state index < -0.39 is 0 Å². The van der Waals surface area contributed by atoms with Crippen LogP contribution in [0, 0.1) is 0 Å². The Kier molecular flexibility index (Phi) is 3.95. The molecule has 0 amide bonds. The van der Waals surface area contributed by atoms with Crippen LogP contribution in [0.15, 0.2) is 6.20 Å². The molecule has 0 aliphatic carbocycles. The maximum atomic E-state index is 5.92. The van der Waals surface area contributed by atoms with Crippen molar-refractivity contribution < 1.29 is 0 Å². The number of hydrogen-bond donors (Lipinski definition) is 1. The Hall–Kier alpha value is -0.450. The summed E-state index contributed by atoms with van der Waals surface area (Å²) in [6, 6.07) is 0.865. The van der Waals surface area contributed by atoms with Gasteiger partial charge < -0.3 is 5.73 Å². The molecule has 0 spiro atoms. The molecule has 1 aromatic rings. The normalized spacial score (nSPS) is 21.2. The fraction of sp³-hybridized carbons (Fsp3) is 0.750. The maximum absolute atomic E-state index is 5.92. The van der Waals surface area contributed by atoms with Crippen molar-refractivity contribution in [1.82, 2.24) is 9.88 Å². The first-order valence-corrected chi connectivity index (χ1v) is 6.96. The number of piperidine rings is 1. The molecule has 1 atom stereocenters. The summed E-state index contributed by atoms with van der Waals surface area (Å²) >= 11 is 1.85. The number of nitrogens with zero attached hydrogens (tertiary/aromatic N) is 2. The second-order valence-electron chi connectivity index (χ2n) is 4.57. The van der Waals surface area contributed by atoms with Gasteiger partial charge in [-0.2, -0.15) is 0 Å². The first-order chi connectivity index (χ1) is 7.70. The molecular formula is C12H21N3S. The average Bonchev–Trinajstić information content (AvgIpc) is 2.77. The van der Waals surface area contributed by atoms with Crippen molar-refractivity contribution >= 4 is 11.3 Å². The minimum atomic E-state index is 0.408. The lowest BCUT2D eigenvalue weighted by atomic mass is 10.0. The second kappa shape index (κ2) is 5.25. The number of aromatic nitrogens is 1. The first kappa shape index (κ1) is 12.0. The summed E-state index contributed by atoms with van der Waals surface area (Å²) in [6.07, 6.45) is 5.36. The Morgan fingerprint density at radius 1 is 1.56 bits per heavy atom. The van der Waals surface area contributed by atoms with Crippen LogP contribution in [0.25, 0.3) is 0 Å². The van der Waals surface area contributed by atoms with Gasteiger partial charge in [0.1, 0.15) is 5.01 Å². The third-order valence-electron chi connectivity index (χ3n) is 3.40. The summed E-state index contributed by atoms with van der Waals surface area (Å²) in [7, 11) is 0. The van der Waals surface area contributed by atoms with Crippen molar-refractivity contribution in [3.05, 3.63) is 16.1 Å². The van der Waals surface area contributed by atoms with Gasteiger partial charge in [0.25, 0.3) is 0 Å². The molecule has 1 fully saturated rings. The van der Waals surface area contributed by atoms with Crippen molar-refractivity contribution in [2.75, 3.05) is 13.1 Å². The fourth-order valence-electron chi connectivity index (χ4n) is 2.14. The summed E-state index contributed by atoms with van der Waals surface area (Å²) < 4.78 is 0. The third kappa shape index (κ3) is 2.62. The van der Waals surface area contributed by atoms with Crippen LogP contribution in [0.5, 0.6) is 0 Å². The fourth-order valence-corrected chi connectivity index (χ4v) is 3.09. The van der Waals surface area contributed by atoms with Crippen LogP contribution >= 0.6 is 11.3 Å². The Balaban J connectivity index is 1.98. The van der Waals surface area contributed by atoms with E-state index in [0.717, 1.165) is 32.4 Å². The molecule has 1 aliphatic rings. The molecule has 1 saturated heterocycles. The van der Waals surface area contributed by atoms with E-state index in [1.54, 1.807) is 0 Å². The smallest absolute Gasteiger partial charge is 0.110 e. The number of hydrogen-bond acceptors (Lipinski definition) is 4. The van der Waals surface area contributed by atoms with E-state index in [-0.39, 0.29) is 0 Å². The molecule has 0 aromatic carbocycles. The average molecular weight is 239 g/mol. The van der Waals surface area contributed by atoms with Crippen molar-refractivity contribution in [1.29, 1.82) is 0 Å². The van der Waals surface area contributed by atoms with Crippen LogP contribution < -0.4 is 5.73 Å². The van der Waals surface area contributed by atoms with Gasteiger partial charge in [-0.05, 0) is 26.2 Å². The highest BCUT2D eigenvalue weighted by Gasteiger charge is 2.23. The van der Waals surface area contributed by atoms with Crippen LogP contribution in [0.1, 0.15) is 42.6 Å². The van der Waals surface area contributed by atoms with Gasteiger partial charge in [-0.15, -0.1) is 11.3 Å². The van der Waals surface area contributed by atoms with Gasteiger partial charge in [0.05, 0.1) is 6.04 Å². The monoisotopic (exact) mass is 239 g/mol. The Labute approximate surface area is 102 Å². The van der Waals surface area contributed by atoms with E-state index in [0.29, 0.717) is 12.1 Å². The molecule has 1 aliphatic heterocycles. The molecule has 1 unspecified atom stereocenters. The summed E-state index contributed by atoms with van der Waals surface area (Å²) in [6.45, 7) is 6.67. The van der Waals surface area contributed by atoms with E-state index in [2.05, 4.69) is 23.7 Å². The molecule has 90 valence electrons.